The van der Waals surface area contributed by atoms with Gasteiger partial charge in [-0.25, -0.2) is 0 Å². The van der Waals surface area contributed by atoms with Crippen LogP contribution in [-0.4, -0.2) is 24.1 Å². The number of ether oxygens (including phenoxy) is 2. The summed E-state index contributed by atoms with van der Waals surface area (Å²) in [7, 11) is 0. The number of unbranched alkanes of at least 4 members (excludes halogenated alkanes) is 2. The minimum absolute atomic E-state index is 0.140. The van der Waals surface area contributed by atoms with E-state index in [-0.39, 0.29) is 6.10 Å². The number of epoxide rings is 1. The Morgan fingerprint density at radius 1 is 1.41 bits per heavy atom. The maximum Gasteiger partial charge on any atom is 0.226 e. The molecule has 1 saturated heterocycles. The van der Waals surface area contributed by atoms with Gasteiger partial charge < -0.3 is 14.6 Å². The lowest BCUT2D eigenvalue weighted by Crippen LogP contribution is -2.22. The van der Waals surface area contributed by atoms with E-state index in [0.29, 0.717) is 6.61 Å². The van der Waals surface area contributed by atoms with Gasteiger partial charge in [0.1, 0.15) is 11.9 Å². The highest BCUT2D eigenvalue weighted by Gasteiger charge is 2.33. The van der Waals surface area contributed by atoms with Crippen molar-refractivity contribution in [2.45, 2.75) is 45.0 Å². The molecule has 1 aromatic carbocycles. The van der Waals surface area contributed by atoms with Crippen molar-refractivity contribution in [3.8, 4) is 5.75 Å². The van der Waals surface area contributed by atoms with Crippen LogP contribution in [0.3, 0.4) is 0 Å². The van der Waals surface area contributed by atoms with E-state index in [1.165, 1.54) is 18.4 Å². The van der Waals surface area contributed by atoms with Gasteiger partial charge in [0.05, 0.1) is 6.61 Å². The molecule has 1 fully saturated rings. The van der Waals surface area contributed by atoms with Crippen molar-refractivity contribution in [3.05, 3.63) is 29.8 Å². The van der Waals surface area contributed by atoms with Gasteiger partial charge in [-0.2, -0.15) is 0 Å². The predicted octanol–water partition coefficient (Wildman–Crippen LogP) is 2.52. The fourth-order valence-corrected chi connectivity index (χ4v) is 1.82. The summed E-state index contributed by atoms with van der Waals surface area (Å²) >= 11 is 0. The van der Waals surface area contributed by atoms with Gasteiger partial charge in [0.25, 0.3) is 0 Å². The molecule has 0 amide bonds. The number of aryl methyl sites for hydroxylation is 1. The highest BCUT2D eigenvalue weighted by atomic mass is 16.7. The minimum atomic E-state index is -0.831. The number of benzene rings is 1. The van der Waals surface area contributed by atoms with Crippen molar-refractivity contribution in [3.63, 3.8) is 0 Å². The van der Waals surface area contributed by atoms with Crippen LogP contribution in [0.1, 0.15) is 31.7 Å². The second kappa shape index (κ2) is 6.03. The number of aliphatic hydroxyl groups excluding tert-OH is 1. The third-order valence-electron chi connectivity index (χ3n) is 2.95. The molecule has 3 heteroatoms. The third-order valence-corrected chi connectivity index (χ3v) is 2.95. The van der Waals surface area contributed by atoms with Gasteiger partial charge >= 0.3 is 0 Å². The summed E-state index contributed by atoms with van der Waals surface area (Å²) in [6.45, 7) is 2.79. The average molecular weight is 236 g/mol. The van der Waals surface area contributed by atoms with Gasteiger partial charge in [0.15, 0.2) is 0 Å². The van der Waals surface area contributed by atoms with E-state index in [4.69, 9.17) is 9.47 Å². The Morgan fingerprint density at radius 3 is 2.88 bits per heavy atom. The summed E-state index contributed by atoms with van der Waals surface area (Å²) in [5.41, 5.74) is 1.17. The molecule has 0 radical (unpaired) electrons. The molecule has 2 atom stereocenters. The van der Waals surface area contributed by atoms with Crippen LogP contribution in [0.25, 0.3) is 0 Å². The van der Waals surface area contributed by atoms with Crippen LogP contribution in [0, 0.1) is 0 Å². The van der Waals surface area contributed by atoms with Crippen molar-refractivity contribution >= 4 is 0 Å². The molecular formula is C14H20O3. The Kier molecular flexibility index (Phi) is 4.40. The molecule has 1 aromatic rings. The molecule has 0 spiro atoms. The molecule has 17 heavy (non-hydrogen) atoms. The van der Waals surface area contributed by atoms with E-state index < -0.39 is 6.29 Å². The van der Waals surface area contributed by atoms with Gasteiger partial charge in [-0.1, -0.05) is 38.0 Å². The summed E-state index contributed by atoms with van der Waals surface area (Å²) in [6.07, 6.45) is 3.63. The predicted molar refractivity (Wildman–Crippen MR) is 66.0 cm³/mol. The Labute approximate surface area is 102 Å². The summed E-state index contributed by atoms with van der Waals surface area (Å²) in [5, 5.41) is 9.69. The van der Waals surface area contributed by atoms with E-state index >= 15 is 0 Å². The molecule has 0 saturated carbocycles. The standard InChI is InChI=1S/C14H20O3/c1-2-3-4-7-11-8-5-6-9-12(11)17-14(15)13-10-16-13/h5-6,8-9,13-15H,2-4,7,10H2,1H3. The summed E-state index contributed by atoms with van der Waals surface area (Å²) in [5.74, 6) is 0.784. The molecular weight excluding hydrogens is 216 g/mol. The monoisotopic (exact) mass is 236 g/mol. The smallest absolute Gasteiger partial charge is 0.226 e. The first-order valence-electron chi connectivity index (χ1n) is 6.35. The van der Waals surface area contributed by atoms with Crippen LogP contribution in [0.15, 0.2) is 24.3 Å². The zero-order chi connectivity index (χ0) is 12.1. The van der Waals surface area contributed by atoms with Crippen LogP contribution < -0.4 is 4.74 Å². The maximum absolute atomic E-state index is 9.69. The molecule has 0 aliphatic carbocycles. The third kappa shape index (κ3) is 3.72. The van der Waals surface area contributed by atoms with Crippen LogP contribution >= 0.6 is 0 Å². The quantitative estimate of drug-likeness (QED) is 0.449. The van der Waals surface area contributed by atoms with Crippen LogP contribution in [0.4, 0.5) is 0 Å². The number of para-hydroxylation sites is 1. The molecule has 94 valence electrons. The lowest BCUT2D eigenvalue weighted by molar-refractivity contribution is -0.0373. The molecule has 1 aliphatic heterocycles. The molecule has 1 aliphatic rings. The second-order valence-electron chi connectivity index (χ2n) is 4.45. The van der Waals surface area contributed by atoms with Crippen molar-refractivity contribution in [1.82, 2.24) is 0 Å². The highest BCUT2D eigenvalue weighted by Crippen LogP contribution is 2.24. The Morgan fingerprint density at radius 2 is 2.18 bits per heavy atom. The Bertz CT molecular complexity index is 347. The number of aliphatic hydroxyl groups is 1. The summed E-state index contributed by atoms with van der Waals surface area (Å²) in [4.78, 5) is 0. The fraction of sp³-hybridized carbons (Fsp3) is 0.571. The van der Waals surface area contributed by atoms with Gasteiger partial charge in [0.2, 0.25) is 6.29 Å². The van der Waals surface area contributed by atoms with E-state index in [2.05, 4.69) is 13.0 Å². The summed E-state index contributed by atoms with van der Waals surface area (Å²) < 4.78 is 10.5. The Balaban J connectivity index is 1.94. The first-order chi connectivity index (χ1) is 8.31. The maximum atomic E-state index is 9.69. The van der Waals surface area contributed by atoms with E-state index in [9.17, 15) is 5.11 Å². The number of hydrogen-bond donors (Lipinski definition) is 1. The second-order valence-corrected chi connectivity index (χ2v) is 4.45. The van der Waals surface area contributed by atoms with Crippen molar-refractivity contribution < 1.29 is 14.6 Å². The van der Waals surface area contributed by atoms with Crippen molar-refractivity contribution in [1.29, 1.82) is 0 Å². The molecule has 1 heterocycles. The minimum Gasteiger partial charge on any atom is -0.462 e. The normalized spacial score (nSPS) is 20.0. The SMILES string of the molecule is CCCCCc1ccccc1OC(O)C1CO1. The zero-order valence-corrected chi connectivity index (χ0v) is 10.3. The van der Waals surface area contributed by atoms with Gasteiger partial charge in [-0.15, -0.1) is 0 Å². The first kappa shape index (κ1) is 12.4. The van der Waals surface area contributed by atoms with Crippen LogP contribution in [0.5, 0.6) is 5.75 Å². The Hall–Kier alpha value is -1.06. The van der Waals surface area contributed by atoms with Gasteiger partial charge in [-0.3, -0.25) is 0 Å². The van der Waals surface area contributed by atoms with Crippen LogP contribution in [-0.2, 0) is 11.2 Å². The first-order valence-corrected chi connectivity index (χ1v) is 6.35. The van der Waals surface area contributed by atoms with Crippen LogP contribution in [0.2, 0.25) is 0 Å². The van der Waals surface area contributed by atoms with Crippen molar-refractivity contribution in [2.24, 2.45) is 0 Å². The molecule has 2 unspecified atom stereocenters. The van der Waals surface area contributed by atoms with Crippen molar-refractivity contribution in [2.75, 3.05) is 6.61 Å². The van der Waals surface area contributed by atoms with Gasteiger partial charge in [-0.05, 0) is 24.5 Å². The molecule has 3 nitrogen and oxygen atoms in total. The lowest BCUT2D eigenvalue weighted by Gasteiger charge is -2.14. The number of hydrogen-bond acceptors (Lipinski definition) is 3. The molecule has 0 aromatic heterocycles. The number of rotatable bonds is 7. The van der Waals surface area contributed by atoms with Gasteiger partial charge in [0, 0.05) is 0 Å². The zero-order valence-electron chi connectivity index (χ0n) is 10.3. The van der Waals surface area contributed by atoms with E-state index in [1.54, 1.807) is 0 Å². The van der Waals surface area contributed by atoms with E-state index in [1.807, 2.05) is 18.2 Å². The summed E-state index contributed by atoms with van der Waals surface area (Å²) in [6, 6.07) is 7.91. The average Bonchev–Trinajstić information content (AvgIpc) is 3.15. The fourth-order valence-electron chi connectivity index (χ4n) is 1.82. The largest absolute Gasteiger partial charge is 0.462 e. The lowest BCUT2D eigenvalue weighted by atomic mass is 10.1. The molecule has 1 N–H and O–H groups in total. The highest BCUT2D eigenvalue weighted by molar-refractivity contribution is 5.33. The molecule has 2 rings (SSSR count). The molecule has 0 bridgehead atoms. The van der Waals surface area contributed by atoms with E-state index in [0.717, 1.165) is 18.6 Å². The topological polar surface area (TPSA) is 42.0 Å².